The Morgan fingerprint density at radius 1 is 1.10 bits per heavy atom. The van der Waals surface area contributed by atoms with Crippen molar-refractivity contribution < 1.29 is 9.53 Å². The van der Waals surface area contributed by atoms with Crippen LogP contribution in [0.4, 0.5) is 4.79 Å². The van der Waals surface area contributed by atoms with Gasteiger partial charge in [0.15, 0.2) is 0 Å². The van der Waals surface area contributed by atoms with Gasteiger partial charge in [-0.15, -0.1) is 0 Å². The summed E-state index contributed by atoms with van der Waals surface area (Å²) in [5.41, 5.74) is 0.0764. The molecule has 0 radical (unpaired) electrons. The third-order valence-corrected chi connectivity index (χ3v) is 4.03. The van der Waals surface area contributed by atoms with Crippen LogP contribution in [0.15, 0.2) is 12.2 Å². The number of hydrogen-bond acceptors (Lipinski definition) is 2. The Balaban J connectivity index is 0.000000956. The van der Waals surface area contributed by atoms with Crippen LogP contribution in [0.25, 0.3) is 0 Å². The van der Waals surface area contributed by atoms with Crippen LogP contribution >= 0.6 is 0 Å². The molecule has 116 valence electrons. The maximum Gasteiger partial charge on any atom is 0.410 e. The lowest BCUT2D eigenvalue weighted by Gasteiger charge is -2.42. The van der Waals surface area contributed by atoms with Crippen molar-refractivity contribution in [2.45, 2.75) is 72.3 Å². The first-order valence-electron chi connectivity index (χ1n) is 8.03. The second-order valence-electron chi connectivity index (χ2n) is 6.68. The van der Waals surface area contributed by atoms with Gasteiger partial charge in [0.05, 0.1) is 0 Å². The van der Waals surface area contributed by atoms with Crippen molar-refractivity contribution in [1.29, 1.82) is 0 Å². The zero-order valence-corrected chi connectivity index (χ0v) is 13.9. The average Bonchev–Trinajstić information content (AvgIpc) is 2.41. The van der Waals surface area contributed by atoms with E-state index in [1.54, 1.807) is 0 Å². The highest BCUT2D eigenvalue weighted by Gasteiger charge is 2.36. The number of carbonyl (C=O) groups is 1. The number of allylic oxidation sites excluding steroid dienone is 2. The molecule has 1 aliphatic heterocycles. The van der Waals surface area contributed by atoms with Crippen LogP contribution < -0.4 is 0 Å². The molecule has 2 aliphatic rings. The SMILES string of the molecule is CC.CC(C)(C)OC(=O)N1CCC2(CC=CCC2)CC1. The highest BCUT2D eigenvalue weighted by atomic mass is 16.6. The van der Waals surface area contributed by atoms with Crippen molar-refractivity contribution in [3.63, 3.8) is 0 Å². The van der Waals surface area contributed by atoms with Gasteiger partial charge in [0.2, 0.25) is 0 Å². The molecule has 0 aromatic carbocycles. The van der Waals surface area contributed by atoms with Crippen LogP contribution in [-0.4, -0.2) is 29.7 Å². The Morgan fingerprint density at radius 3 is 2.15 bits per heavy atom. The van der Waals surface area contributed by atoms with E-state index in [0.717, 1.165) is 25.9 Å². The Kier molecular flexibility index (Phi) is 6.09. The molecular weight excluding hydrogens is 250 g/mol. The zero-order valence-electron chi connectivity index (χ0n) is 13.9. The Labute approximate surface area is 124 Å². The topological polar surface area (TPSA) is 29.5 Å². The van der Waals surface area contributed by atoms with Gasteiger partial charge >= 0.3 is 6.09 Å². The lowest BCUT2D eigenvalue weighted by molar-refractivity contribution is 0.00882. The summed E-state index contributed by atoms with van der Waals surface area (Å²) in [5.74, 6) is 0. The molecule has 3 nitrogen and oxygen atoms in total. The number of nitrogens with zero attached hydrogens (tertiary/aromatic N) is 1. The monoisotopic (exact) mass is 281 g/mol. The number of piperidine rings is 1. The standard InChI is InChI=1S/C15H25NO2.C2H6/c1-14(2,3)18-13(17)16-11-9-15(10-12-16)7-5-4-6-8-15;1-2/h4-5H,6-12H2,1-3H3;1-2H3. The molecule has 0 aromatic heterocycles. The Morgan fingerprint density at radius 2 is 1.70 bits per heavy atom. The summed E-state index contributed by atoms with van der Waals surface area (Å²) in [7, 11) is 0. The van der Waals surface area contributed by atoms with Crippen LogP contribution in [0.1, 0.15) is 66.7 Å². The molecule has 20 heavy (non-hydrogen) atoms. The van der Waals surface area contributed by atoms with Crippen LogP contribution in [-0.2, 0) is 4.74 Å². The second kappa shape index (κ2) is 7.14. The Hall–Kier alpha value is -0.990. The lowest BCUT2D eigenvalue weighted by Crippen LogP contribution is -2.45. The third kappa shape index (κ3) is 4.84. The van der Waals surface area contributed by atoms with E-state index in [1.165, 1.54) is 19.3 Å². The van der Waals surface area contributed by atoms with E-state index in [9.17, 15) is 4.79 Å². The van der Waals surface area contributed by atoms with Crippen LogP contribution in [0.2, 0.25) is 0 Å². The predicted octanol–water partition coefficient (Wildman–Crippen LogP) is 4.77. The molecule has 1 saturated heterocycles. The fourth-order valence-corrected chi connectivity index (χ4v) is 2.89. The maximum absolute atomic E-state index is 12.0. The van der Waals surface area contributed by atoms with E-state index in [-0.39, 0.29) is 11.7 Å². The molecule has 1 fully saturated rings. The lowest BCUT2D eigenvalue weighted by atomic mass is 9.70. The molecule has 0 bridgehead atoms. The molecule has 0 saturated carbocycles. The van der Waals surface area contributed by atoms with E-state index in [1.807, 2.05) is 39.5 Å². The third-order valence-electron chi connectivity index (χ3n) is 4.03. The summed E-state index contributed by atoms with van der Waals surface area (Å²) >= 11 is 0. The molecule has 0 atom stereocenters. The van der Waals surface area contributed by atoms with Crippen molar-refractivity contribution >= 4 is 6.09 Å². The molecule has 1 aliphatic carbocycles. The maximum atomic E-state index is 12.0. The van der Waals surface area contributed by atoms with Gasteiger partial charge < -0.3 is 9.64 Å². The van der Waals surface area contributed by atoms with Crippen molar-refractivity contribution in [2.24, 2.45) is 5.41 Å². The molecule has 1 heterocycles. The largest absolute Gasteiger partial charge is 0.444 e. The minimum Gasteiger partial charge on any atom is -0.444 e. The molecule has 0 aromatic rings. The second-order valence-corrected chi connectivity index (χ2v) is 6.68. The van der Waals surface area contributed by atoms with Gasteiger partial charge in [-0.2, -0.15) is 0 Å². The van der Waals surface area contributed by atoms with Gasteiger partial charge in [-0.3, -0.25) is 0 Å². The summed E-state index contributed by atoms with van der Waals surface area (Å²) < 4.78 is 5.43. The summed E-state index contributed by atoms with van der Waals surface area (Å²) in [6.45, 7) is 11.5. The van der Waals surface area contributed by atoms with Gasteiger partial charge in [-0.25, -0.2) is 4.79 Å². The predicted molar refractivity (Wildman–Crippen MR) is 83.8 cm³/mol. The highest BCUT2D eigenvalue weighted by molar-refractivity contribution is 5.68. The van der Waals surface area contributed by atoms with Crippen molar-refractivity contribution in [2.75, 3.05) is 13.1 Å². The smallest absolute Gasteiger partial charge is 0.410 e. The van der Waals surface area contributed by atoms with E-state index in [2.05, 4.69) is 12.2 Å². The molecular formula is C17H31NO2. The van der Waals surface area contributed by atoms with Gasteiger partial charge in [-0.1, -0.05) is 26.0 Å². The average molecular weight is 281 g/mol. The molecule has 1 spiro atoms. The van der Waals surface area contributed by atoms with Crippen molar-refractivity contribution in [3.8, 4) is 0 Å². The number of amides is 1. The first-order chi connectivity index (χ1) is 9.40. The quantitative estimate of drug-likeness (QED) is 0.599. The van der Waals surface area contributed by atoms with Gasteiger partial charge in [-0.05, 0) is 58.3 Å². The molecule has 0 unspecified atom stereocenters. The molecule has 2 rings (SSSR count). The van der Waals surface area contributed by atoms with E-state index < -0.39 is 0 Å². The van der Waals surface area contributed by atoms with E-state index in [4.69, 9.17) is 4.74 Å². The number of likely N-dealkylation sites (tertiary alicyclic amines) is 1. The summed E-state index contributed by atoms with van der Waals surface area (Å²) in [6, 6.07) is 0. The van der Waals surface area contributed by atoms with Crippen LogP contribution in [0.3, 0.4) is 0 Å². The summed E-state index contributed by atoms with van der Waals surface area (Å²) in [5, 5.41) is 0. The van der Waals surface area contributed by atoms with Gasteiger partial charge in [0, 0.05) is 13.1 Å². The normalized spacial score (nSPS) is 21.1. The van der Waals surface area contributed by atoms with Crippen molar-refractivity contribution in [1.82, 2.24) is 4.90 Å². The number of carbonyl (C=O) groups excluding carboxylic acids is 1. The molecule has 1 amide bonds. The first kappa shape index (κ1) is 17.1. The van der Waals surface area contributed by atoms with Crippen LogP contribution in [0, 0.1) is 5.41 Å². The first-order valence-corrected chi connectivity index (χ1v) is 8.03. The summed E-state index contributed by atoms with van der Waals surface area (Å²) in [6.07, 6.45) is 10.4. The number of rotatable bonds is 0. The fourth-order valence-electron chi connectivity index (χ4n) is 2.89. The van der Waals surface area contributed by atoms with E-state index >= 15 is 0 Å². The minimum absolute atomic E-state index is 0.149. The number of ether oxygens (including phenoxy) is 1. The minimum atomic E-state index is -0.389. The van der Waals surface area contributed by atoms with Gasteiger partial charge in [0.1, 0.15) is 5.60 Å². The Bertz CT molecular complexity index is 333. The number of hydrogen-bond donors (Lipinski definition) is 0. The highest BCUT2D eigenvalue weighted by Crippen LogP contribution is 2.42. The summed E-state index contributed by atoms with van der Waals surface area (Å²) in [4.78, 5) is 13.8. The molecule has 3 heteroatoms. The zero-order chi connectivity index (χ0) is 15.2. The van der Waals surface area contributed by atoms with Crippen molar-refractivity contribution in [3.05, 3.63) is 12.2 Å². The molecule has 0 N–H and O–H groups in total. The fraction of sp³-hybridized carbons (Fsp3) is 0.824. The van der Waals surface area contributed by atoms with Gasteiger partial charge in [0.25, 0.3) is 0 Å². The van der Waals surface area contributed by atoms with Crippen LogP contribution in [0.5, 0.6) is 0 Å². The van der Waals surface area contributed by atoms with E-state index in [0.29, 0.717) is 5.41 Å².